The third kappa shape index (κ3) is 5.72. The van der Waals surface area contributed by atoms with Crippen molar-refractivity contribution >= 4 is 6.09 Å². The van der Waals surface area contributed by atoms with Crippen LogP contribution in [0, 0.1) is 0 Å². The second-order valence-electron chi connectivity index (χ2n) is 6.96. The second kappa shape index (κ2) is 7.68. The quantitative estimate of drug-likeness (QED) is 0.834. The first-order valence-electron chi connectivity index (χ1n) is 8.19. The molecule has 1 heterocycles. The number of alkyl carbamates (subject to hydrolysis) is 1. The van der Waals surface area contributed by atoms with Crippen molar-refractivity contribution in [3.8, 4) is 0 Å². The minimum absolute atomic E-state index is 0.104. The molecule has 2 atom stereocenters. The third-order valence-electron chi connectivity index (χ3n) is 3.84. The summed E-state index contributed by atoms with van der Waals surface area (Å²) in [5, 5.41) is 6.56. The molecule has 1 aromatic heterocycles. The molecular formula is C17H28N2O3. The molecular weight excluding hydrogens is 280 g/mol. The first-order valence-corrected chi connectivity index (χ1v) is 8.19. The van der Waals surface area contributed by atoms with E-state index in [1.54, 1.807) is 6.26 Å². The van der Waals surface area contributed by atoms with E-state index in [2.05, 4.69) is 10.6 Å². The van der Waals surface area contributed by atoms with Gasteiger partial charge >= 0.3 is 6.09 Å². The number of furan rings is 1. The molecule has 1 aliphatic carbocycles. The van der Waals surface area contributed by atoms with Crippen LogP contribution in [-0.2, 0) is 11.3 Å². The molecule has 0 bridgehead atoms. The zero-order valence-corrected chi connectivity index (χ0v) is 13.9. The SMILES string of the molecule is CC(C)(C)OC(=O)NC1CCCCCC1NCc1ccco1. The van der Waals surface area contributed by atoms with Crippen molar-refractivity contribution in [2.45, 2.75) is 77.1 Å². The van der Waals surface area contributed by atoms with Gasteiger partial charge in [-0.15, -0.1) is 0 Å². The van der Waals surface area contributed by atoms with E-state index in [-0.39, 0.29) is 18.2 Å². The summed E-state index contributed by atoms with van der Waals surface area (Å²) >= 11 is 0. The highest BCUT2D eigenvalue weighted by molar-refractivity contribution is 5.68. The van der Waals surface area contributed by atoms with Crippen LogP contribution in [0.2, 0.25) is 0 Å². The Morgan fingerprint density at radius 1 is 1.27 bits per heavy atom. The highest BCUT2D eigenvalue weighted by Crippen LogP contribution is 2.19. The summed E-state index contributed by atoms with van der Waals surface area (Å²) in [4.78, 5) is 12.0. The lowest BCUT2D eigenvalue weighted by molar-refractivity contribution is 0.0489. The maximum absolute atomic E-state index is 12.0. The van der Waals surface area contributed by atoms with Gasteiger partial charge < -0.3 is 19.8 Å². The highest BCUT2D eigenvalue weighted by atomic mass is 16.6. The van der Waals surface area contributed by atoms with Gasteiger partial charge in [-0.2, -0.15) is 0 Å². The van der Waals surface area contributed by atoms with Gasteiger partial charge in [0.1, 0.15) is 11.4 Å². The molecule has 5 heteroatoms. The van der Waals surface area contributed by atoms with Crippen molar-refractivity contribution in [2.75, 3.05) is 0 Å². The summed E-state index contributed by atoms with van der Waals surface area (Å²) in [7, 11) is 0. The van der Waals surface area contributed by atoms with Crippen molar-refractivity contribution in [1.82, 2.24) is 10.6 Å². The maximum Gasteiger partial charge on any atom is 0.407 e. The fourth-order valence-electron chi connectivity index (χ4n) is 2.83. The molecule has 124 valence electrons. The van der Waals surface area contributed by atoms with Crippen LogP contribution >= 0.6 is 0 Å². The van der Waals surface area contributed by atoms with E-state index in [1.165, 1.54) is 12.8 Å². The lowest BCUT2D eigenvalue weighted by Crippen LogP contribution is -2.50. The molecule has 22 heavy (non-hydrogen) atoms. The molecule has 1 aliphatic rings. The van der Waals surface area contributed by atoms with Gasteiger partial charge in [0, 0.05) is 12.1 Å². The summed E-state index contributed by atoms with van der Waals surface area (Å²) in [6.45, 7) is 6.33. The van der Waals surface area contributed by atoms with Crippen molar-refractivity contribution in [3.05, 3.63) is 24.2 Å². The molecule has 0 spiro atoms. The summed E-state index contributed by atoms with van der Waals surface area (Å²) in [5.74, 6) is 0.917. The molecule has 0 aliphatic heterocycles. The van der Waals surface area contributed by atoms with E-state index in [9.17, 15) is 4.79 Å². The Kier molecular flexibility index (Phi) is 5.89. The number of hydrogen-bond acceptors (Lipinski definition) is 4. The predicted molar refractivity (Wildman–Crippen MR) is 85.6 cm³/mol. The molecule has 0 radical (unpaired) electrons. The van der Waals surface area contributed by atoms with Crippen LogP contribution in [0.1, 0.15) is 58.6 Å². The zero-order valence-electron chi connectivity index (χ0n) is 13.9. The molecule has 0 saturated heterocycles. The Morgan fingerprint density at radius 2 is 2.00 bits per heavy atom. The van der Waals surface area contributed by atoms with Crippen LogP contribution < -0.4 is 10.6 Å². The Labute approximate surface area is 132 Å². The summed E-state index contributed by atoms with van der Waals surface area (Å²) in [5.41, 5.74) is -0.466. The maximum atomic E-state index is 12.0. The number of carbonyl (C=O) groups excluding carboxylic acids is 1. The first kappa shape index (κ1) is 16.9. The van der Waals surface area contributed by atoms with Gasteiger partial charge in [0.05, 0.1) is 12.8 Å². The van der Waals surface area contributed by atoms with Gasteiger partial charge in [0.25, 0.3) is 0 Å². The minimum atomic E-state index is -0.466. The fourth-order valence-corrected chi connectivity index (χ4v) is 2.83. The predicted octanol–water partition coefficient (Wildman–Crippen LogP) is 3.60. The van der Waals surface area contributed by atoms with Crippen molar-refractivity contribution in [2.24, 2.45) is 0 Å². The van der Waals surface area contributed by atoms with E-state index in [0.29, 0.717) is 6.54 Å². The van der Waals surface area contributed by atoms with E-state index >= 15 is 0 Å². The molecule has 1 amide bonds. The summed E-state index contributed by atoms with van der Waals surface area (Å²) in [6, 6.07) is 4.20. The number of carbonyl (C=O) groups is 1. The Morgan fingerprint density at radius 3 is 2.64 bits per heavy atom. The van der Waals surface area contributed by atoms with Crippen LogP contribution in [0.15, 0.2) is 22.8 Å². The van der Waals surface area contributed by atoms with Crippen LogP contribution in [0.5, 0.6) is 0 Å². The number of ether oxygens (including phenoxy) is 1. The van der Waals surface area contributed by atoms with Gasteiger partial charge in [-0.3, -0.25) is 0 Å². The van der Waals surface area contributed by atoms with Crippen LogP contribution in [0.3, 0.4) is 0 Å². The van der Waals surface area contributed by atoms with Gasteiger partial charge in [-0.1, -0.05) is 19.3 Å². The Bertz CT molecular complexity index is 451. The number of rotatable bonds is 4. The molecule has 2 N–H and O–H groups in total. The monoisotopic (exact) mass is 308 g/mol. The number of amides is 1. The van der Waals surface area contributed by atoms with Gasteiger partial charge in [-0.25, -0.2) is 4.79 Å². The van der Waals surface area contributed by atoms with Gasteiger partial charge in [-0.05, 0) is 45.7 Å². The highest BCUT2D eigenvalue weighted by Gasteiger charge is 2.27. The topological polar surface area (TPSA) is 63.5 Å². The Hall–Kier alpha value is -1.49. The van der Waals surface area contributed by atoms with Crippen molar-refractivity contribution in [3.63, 3.8) is 0 Å². The smallest absolute Gasteiger partial charge is 0.407 e. The van der Waals surface area contributed by atoms with E-state index < -0.39 is 5.60 Å². The largest absolute Gasteiger partial charge is 0.468 e. The van der Waals surface area contributed by atoms with Crippen LogP contribution in [0.4, 0.5) is 4.79 Å². The van der Waals surface area contributed by atoms with Gasteiger partial charge in [0.2, 0.25) is 0 Å². The molecule has 2 rings (SSSR count). The van der Waals surface area contributed by atoms with Crippen LogP contribution in [-0.4, -0.2) is 23.8 Å². The average molecular weight is 308 g/mol. The number of nitrogens with one attached hydrogen (secondary N) is 2. The zero-order chi connectivity index (χ0) is 16.0. The fraction of sp³-hybridized carbons (Fsp3) is 0.706. The lowest BCUT2D eigenvalue weighted by atomic mass is 10.0. The first-order chi connectivity index (χ1) is 10.4. The summed E-state index contributed by atoms with van der Waals surface area (Å²) < 4.78 is 10.7. The van der Waals surface area contributed by atoms with Crippen molar-refractivity contribution in [1.29, 1.82) is 0 Å². The second-order valence-corrected chi connectivity index (χ2v) is 6.96. The minimum Gasteiger partial charge on any atom is -0.468 e. The molecule has 1 fully saturated rings. The normalized spacial score (nSPS) is 22.9. The van der Waals surface area contributed by atoms with Gasteiger partial charge in [0.15, 0.2) is 0 Å². The summed E-state index contributed by atoms with van der Waals surface area (Å²) in [6.07, 6.45) is 6.92. The number of hydrogen-bond donors (Lipinski definition) is 2. The van der Waals surface area contributed by atoms with E-state index in [1.807, 2.05) is 32.9 Å². The molecule has 5 nitrogen and oxygen atoms in total. The third-order valence-corrected chi connectivity index (χ3v) is 3.84. The van der Waals surface area contributed by atoms with E-state index in [0.717, 1.165) is 25.0 Å². The molecule has 1 aromatic rings. The molecule has 1 saturated carbocycles. The molecule has 2 unspecified atom stereocenters. The van der Waals surface area contributed by atoms with Crippen LogP contribution in [0.25, 0.3) is 0 Å². The van der Waals surface area contributed by atoms with E-state index in [4.69, 9.17) is 9.15 Å². The lowest BCUT2D eigenvalue weighted by Gasteiger charge is -2.28. The standard InChI is InChI=1S/C17H28N2O3/c1-17(2,3)22-16(20)19-15-10-6-4-5-9-14(15)18-12-13-8-7-11-21-13/h7-8,11,14-15,18H,4-6,9-10,12H2,1-3H3,(H,19,20). The Balaban J connectivity index is 1.90. The molecule has 0 aromatic carbocycles. The average Bonchev–Trinajstić information content (AvgIpc) is 2.83. The van der Waals surface area contributed by atoms with Crippen molar-refractivity contribution < 1.29 is 13.9 Å².